The molecule has 0 atom stereocenters. The van der Waals surface area contributed by atoms with Gasteiger partial charge in [0.2, 0.25) is 10.0 Å². The number of hydrogen-bond acceptors (Lipinski definition) is 5. The van der Waals surface area contributed by atoms with Crippen LogP contribution in [0.2, 0.25) is 0 Å². The van der Waals surface area contributed by atoms with E-state index in [1.807, 2.05) is 22.7 Å². The molecule has 1 saturated carbocycles. The SMILES string of the molecule is COc1cc(C(=O)NC2CCCC2)cn2c(N3CCN(S(C)(=O)=O)CC3)ccc12. The van der Waals surface area contributed by atoms with Gasteiger partial charge in [0.15, 0.2) is 0 Å². The summed E-state index contributed by atoms with van der Waals surface area (Å²) in [5.74, 6) is 1.49. The molecule has 9 heteroatoms. The minimum Gasteiger partial charge on any atom is -0.495 e. The van der Waals surface area contributed by atoms with E-state index < -0.39 is 10.0 Å². The first-order valence-corrected chi connectivity index (χ1v) is 11.9. The summed E-state index contributed by atoms with van der Waals surface area (Å²) in [4.78, 5) is 15.0. The van der Waals surface area contributed by atoms with Gasteiger partial charge in [-0.05, 0) is 31.0 Å². The number of aromatic nitrogens is 1. The number of amides is 1. The molecule has 0 unspecified atom stereocenters. The molecule has 2 aromatic heterocycles. The van der Waals surface area contributed by atoms with Crippen molar-refractivity contribution >= 4 is 27.3 Å². The normalized spacial score (nSPS) is 19.0. The predicted molar refractivity (Wildman–Crippen MR) is 112 cm³/mol. The van der Waals surface area contributed by atoms with Crippen molar-refractivity contribution in [2.75, 3.05) is 44.4 Å². The van der Waals surface area contributed by atoms with Crippen molar-refractivity contribution in [3.63, 3.8) is 0 Å². The van der Waals surface area contributed by atoms with E-state index in [-0.39, 0.29) is 11.9 Å². The quantitative estimate of drug-likeness (QED) is 0.796. The minimum absolute atomic E-state index is 0.0846. The molecule has 29 heavy (non-hydrogen) atoms. The first-order valence-electron chi connectivity index (χ1n) is 10.1. The third-order valence-corrected chi connectivity index (χ3v) is 7.21. The Morgan fingerprint density at radius 1 is 1.14 bits per heavy atom. The van der Waals surface area contributed by atoms with Crippen molar-refractivity contribution in [3.05, 3.63) is 30.0 Å². The molecule has 4 rings (SSSR count). The molecule has 3 heterocycles. The Kier molecular flexibility index (Phi) is 5.44. The van der Waals surface area contributed by atoms with Crippen molar-refractivity contribution in [2.45, 2.75) is 31.7 Å². The maximum atomic E-state index is 12.8. The molecule has 1 aliphatic carbocycles. The topological polar surface area (TPSA) is 83.4 Å². The monoisotopic (exact) mass is 420 g/mol. The highest BCUT2D eigenvalue weighted by atomic mass is 32.2. The highest BCUT2D eigenvalue weighted by Crippen LogP contribution is 2.29. The van der Waals surface area contributed by atoms with Gasteiger partial charge >= 0.3 is 0 Å². The summed E-state index contributed by atoms with van der Waals surface area (Å²) in [7, 11) is -1.57. The number of piperazine rings is 1. The first kappa shape index (κ1) is 20.0. The molecule has 1 aliphatic heterocycles. The summed E-state index contributed by atoms with van der Waals surface area (Å²) in [6.45, 7) is 2.09. The van der Waals surface area contributed by atoms with Crippen molar-refractivity contribution in [2.24, 2.45) is 0 Å². The van der Waals surface area contributed by atoms with Crippen molar-refractivity contribution in [1.29, 1.82) is 0 Å². The molecule has 8 nitrogen and oxygen atoms in total. The molecular weight excluding hydrogens is 392 g/mol. The Bertz CT molecular complexity index is 1000. The largest absolute Gasteiger partial charge is 0.495 e. The van der Waals surface area contributed by atoms with Crippen LogP contribution in [0.25, 0.3) is 5.52 Å². The van der Waals surface area contributed by atoms with Gasteiger partial charge in [-0.2, -0.15) is 4.31 Å². The fourth-order valence-electron chi connectivity index (χ4n) is 4.30. The lowest BCUT2D eigenvalue weighted by Crippen LogP contribution is -2.48. The van der Waals surface area contributed by atoms with E-state index in [1.54, 1.807) is 13.2 Å². The molecule has 2 fully saturated rings. The second-order valence-corrected chi connectivity index (χ2v) is 9.83. The van der Waals surface area contributed by atoms with Crippen LogP contribution in [0.5, 0.6) is 5.75 Å². The summed E-state index contributed by atoms with van der Waals surface area (Å²) in [5.41, 5.74) is 1.44. The van der Waals surface area contributed by atoms with Crippen LogP contribution < -0.4 is 15.0 Å². The number of ether oxygens (including phenoxy) is 1. The summed E-state index contributed by atoms with van der Waals surface area (Å²) in [6.07, 6.45) is 7.48. The van der Waals surface area contributed by atoms with Crippen LogP contribution in [-0.2, 0) is 10.0 Å². The zero-order valence-electron chi connectivity index (χ0n) is 16.9. The fourth-order valence-corrected chi connectivity index (χ4v) is 5.13. The Balaban J connectivity index is 1.61. The van der Waals surface area contributed by atoms with E-state index in [9.17, 15) is 13.2 Å². The van der Waals surface area contributed by atoms with Crippen LogP contribution in [0.3, 0.4) is 0 Å². The van der Waals surface area contributed by atoms with Crippen LogP contribution in [0.15, 0.2) is 24.4 Å². The number of carbonyl (C=O) groups is 1. The Morgan fingerprint density at radius 3 is 2.45 bits per heavy atom. The number of fused-ring (bicyclic) bond motifs is 1. The Labute approximate surface area is 171 Å². The fraction of sp³-hybridized carbons (Fsp3) is 0.550. The molecule has 1 N–H and O–H groups in total. The van der Waals surface area contributed by atoms with E-state index in [4.69, 9.17) is 4.74 Å². The number of carbonyl (C=O) groups excluding carboxylic acids is 1. The molecule has 1 amide bonds. The minimum atomic E-state index is -3.17. The van der Waals surface area contributed by atoms with Gasteiger partial charge in [-0.25, -0.2) is 8.42 Å². The lowest BCUT2D eigenvalue weighted by molar-refractivity contribution is 0.0937. The number of nitrogens with one attached hydrogen (secondary N) is 1. The summed E-state index contributed by atoms with van der Waals surface area (Å²) in [5, 5.41) is 3.13. The van der Waals surface area contributed by atoms with Crippen LogP contribution >= 0.6 is 0 Å². The van der Waals surface area contributed by atoms with Gasteiger partial charge in [0.25, 0.3) is 5.91 Å². The number of nitrogens with zero attached hydrogens (tertiary/aromatic N) is 3. The molecule has 2 aromatic rings. The predicted octanol–water partition coefficient (Wildman–Crippen LogP) is 1.70. The van der Waals surface area contributed by atoms with Crippen LogP contribution in [0.1, 0.15) is 36.0 Å². The smallest absolute Gasteiger partial charge is 0.253 e. The lowest BCUT2D eigenvalue weighted by atomic mass is 10.2. The van der Waals surface area contributed by atoms with Crippen LogP contribution in [0.4, 0.5) is 5.82 Å². The highest BCUT2D eigenvalue weighted by molar-refractivity contribution is 7.88. The Morgan fingerprint density at radius 2 is 1.83 bits per heavy atom. The van der Waals surface area contributed by atoms with Crippen molar-refractivity contribution < 1.29 is 17.9 Å². The van der Waals surface area contributed by atoms with Gasteiger partial charge < -0.3 is 15.0 Å². The number of sulfonamides is 1. The molecule has 1 saturated heterocycles. The third-order valence-electron chi connectivity index (χ3n) is 5.91. The molecule has 0 aromatic carbocycles. The van der Waals surface area contributed by atoms with Crippen molar-refractivity contribution in [1.82, 2.24) is 14.0 Å². The van der Waals surface area contributed by atoms with Gasteiger partial charge in [0.1, 0.15) is 11.6 Å². The zero-order chi connectivity index (χ0) is 20.6. The van der Waals surface area contributed by atoms with E-state index in [1.165, 1.54) is 10.6 Å². The molecule has 2 aliphatic rings. The van der Waals surface area contributed by atoms with E-state index in [0.717, 1.165) is 37.0 Å². The van der Waals surface area contributed by atoms with Gasteiger partial charge in [-0.3, -0.25) is 9.20 Å². The average molecular weight is 421 g/mol. The maximum absolute atomic E-state index is 12.8. The highest BCUT2D eigenvalue weighted by Gasteiger charge is 2.26. The van der Waals surface area contributed by atoms with Crippen LogP contribution in [-0.4, -0.2) is 68.6 Å². The summed E-state index contributed by atoms with van der Waals surface area (Å²) in [6, 6.07) is 5.99. The van der Waals surface area contributed by atoms with E-state index in [0.29, 0.717) is 37.5 Å². The zero-order valence-corrected chi connectivity index (χ0v) is 17.7. The maximum Gasteiger partial charge on any atom is 0.253 e. The van der Waals surface area contributed by atoms with Gasteiger partial charge in [-0.15, -0.1) is 0 Å². The standard InChI is InChI=1S/C20H28N4O4S/c1-28-18-13-15(20(25)21-16-5-3-4-6-16)14-24-17(18)7-8-19(24)22-9-11-23(12-10-22)29(2,26)27/h7-8,13-14,16H,3-6,9-12H2,1-2H3,(H,21,25). The van der Waals surface area contributed by atoms with Gasteiger partial charge in [0, 0.05) is 38.4 Å². The Hall–Kier alpha value is -2.26. The average Bonchev–Trinajstić information content (AvgIpc) is 3.36. The van der Waals surface area contributed by atoms with E-state index in [2.05, 4.69) is 10.2 Å². The summed E-state index contributed by atoms with van der Waals surface area (Å²) >= 11 is 0. The molecular formula is C20H28N4O4S. The van der Waals surface area contributed by atoms with E-state index >= 15 is 0 Å². The summed E-state index contributed by atoms with van der Waals surface area (Å²) < 4.78 is 32.6. The number of anilines is 1. The number of methoxy groups -OCH3 is 1. The molecule has 0 bridgehead atoms. The molecule has 0 spiro atoms. The number of rotatable bonds is 5. The second-order valence-electron chi connectivity index (χ2n) is 7.85. The molecule has 158 valence electrons. The number of hydrogen-bond donors (Lipinski definition) is 1. The van der Waals surface area contributed by atoms with Gasteiger partial charge in [-0.1, -0.05) is 12.8 Å². The number of pyridine rings is 1. The van der Waals surface area contributed by atoms with Crippen LogP contribution in [0, 0.1) is 0 Å². The third kappa shape index (κ3) is 4.06. The van der Waals surface area contributed by atoms with Gasteiger partial charge in [0.05, 0.1) is 24.4 Å². The van der Waals surface area contributed by atoms with Crippen molar-refractivity contribution in [3.8, 4) is 5.75 Å². The first-order chi connectivity index (χ1) is 13.9. The second kappa shape index (κ2) is 7.87. The molecule has 0 radical (unpaired) electrons. The lowest BCUT2D eigenvalue weighted by Gasteiger charge is -2.34.